The van der Waals surface area contributed by atoms with Gasteiger partial charge in [-0.25, -0.2) is 14.4 Å². The van der Waals surface area contributed by atoms with Gasteiger partial charge in [-0.15, -0.1) is 0 Å². The molecule has 2 heterocycles. The Morgan fingerprint density at radius 2 is 1.71 bits per heavy atom. The fourth-order valence-corrected chi connectivity index (χ4v) is 2.93. The molecule has 4 aromatic rings. The molecule has 0 aliphatic heterocycles. The van der Waals surface area contributed by atoms with Gasteiger partial charge in [0.2, 0.25) is 0 Å². The van der Waals surface area contributed by atoms with Crippen LogP contribution in [0.3, 0.4) is 0 Å². The molecule has 34 heavy (non-hydrogen) atoms. The molecule has 0 spiro atoms. The predicted octanol–water partition coefficient (Wildman–Crippen LogP) is 3.27. The van der Waals surface area contributed by atoms with E-state index in [2.05, 4.69) is 10.3 Å². The number of para-hydroxylation sites is 1. The Balaban J connectivity index is 0.000000481. The van der Waals surface area contributed by atoms with Crippen molar-refractivity contribution in [3.63, 3.8) is 0 Å². The number of nitrogens with zero attached hydrogens (tertiary/aromatic N) is 1. The maximum Gasteiger partial charge on any atom is 0.414 e. The zero-order chi connectivity index (χ0) is 24.7. The van der Waals surface area contributed by atoms with Crippen LogP contribution in [0.4, 0.5) is 5.69 Å². The predicted molar refractivity (Wildman–Crippen MR) is 122 cm³/mol. The van der Waals surface area contributed by atoms with Crippen molar-refractivity contribution in [2.45, 2.75) is 0 Å². The first-order valence-electron chi connectivity index (χ1n) is 9.69. The van der Waals surface area contributed by atoms with Crippen molar-refractivity contribution in [2.75, 3.05) is 12.4 Å². The first-order chi connectivity index (χ1) is 16.3. The molecular formula is C24H18N2O8. The zero-order valence-electron chi connectivity index (χ0n) is 17.7. The number of aromatic nitrogens is 1. The van der Waals surface area contributed by atoms with Gasteiger partial charge in [0, 0.05) is 17.8 Å². The molecule has 10 heteroatoms. The van der Waals surface area contributed by atoms with Crippen LogP contribution in [-0.4, -0.2) is 40.2 Å². The monoisotopic (exact) mass is 462 g/mol. The van der Waals surface area contributed by atoms with Crippen LogP contribution in [0.15, 0.2) is 82.3 Å². The number of aliphatic carboxylic acids is 2. The molecule has 0 saturated heterocycles. The van der Waals surface area contributed by atoms with E-state index in [0.717, 1.165) is 5.39 Å². The maximum absolute atomic E-state index is 12.5. The number of amides is 1. The molecule has 3 N–H and O–H groups in total. The summed E-state index contributed by atoms with van der Waals surface area (Å²) in [6.45, 7) is 0. The molecule has 0 saturated carbocycles. The Morgan fingerprint density at radius 3 is 2.35 bits per heavy atom. The Labute approximate surface area is 192 Å². The Kier molecular flexibility index (Phi) is 7.34. The standard InChI is InChI=1S/C22H16N2O4.C2H2O4/c1-27-20-9-8-14(12-18(20)24-21(25)16-6-4-10-23-13-16)17-11-15-5-2-3-7-19(15)28-22(17)26;3-1(4)2(5)6/h2-13H,1H3,(H,24,25);(H,3,4)(H,5,6). The zero-order valence-corrected chi connectivity index (χ0v) is 17.7. The van der Waals surface area contributed by atoms with Crippen LogP contribution in [-0.2, 0) is 9.59 Å². The molecule has 0 bridgehead atoms. The molecule has 0 aliphatic rings. The molecule has 0 aliphatic carbocycles. The fourth-order valence-electron chi connectivity index (χ4n) is 2.93. The molecule has 0 unspecified atom stereocenters. The number of pyridine rings is 1. The SMILES string of the molecule is COc1ccc(-c2cc3ccccc3oc2=O)cc1NC(=O)c1cccnc1.O=C(O)C(=O)O. The van der Waals surface area contributed by atoms with E-state index in [0.29, 0.717) is 33.7 Å². The van der Waals surface area contributed by atoms with Crippen molar-refractivity contribution in [3.8, 4) is 16.9 Å². The third-order valence-electron chi connectivity index (χ3n) is 4.51. The van der Waals surface area contributed by atoms with Gasteiger partial charge in [-0.05, 0) is 42.0 Å². The second kappa shape index (κ2) is 10.6. The summed E-state index contributed by atoms with van der Waals surface area (Å²) in [5.74, 6) is -3.50. The number of ether oxygens (including phenoxy) is 1. The maximum atomic E-state index is 12.5. The van der Waals surface area contributed by atoms with Gasteiger partial charge >= 0.3 is 17.6 Å². The van der Waals surface area contributed by atoms with Crippen molar-refractivity contribution in [2.24, 2.45) is 0 Å². The summed E-state index contributed by atoms with van der Waals surface area (Å²) in [6, 6.07) is 17.6. The molecular weight excluding hydrogens is 444 g/mol. The summed E-state index contributed by atoms with van der Waals surface area (Å²) < 4.78 is 10.8. The van der Waals surface area contributed by atoms with Crippen LogP contribution >= 0.6 is 0 Å². The molecule has 10 nitrogen and oxygen atoms in total. The number of fused-ring (bicyclic) bond motifs is 1. The topological polar surface area (TPSA) is 156 Å². The van der Waals surface area contributed by atoms with Crippen molar-refractivity contribution in [1.29, 1.82) is 0 Å². The molecule has 172 valence electrons. The van der Waals surface area contributed by atoms with Gasteiger partial charge in [0.1, 0.15) is 11.3 Å². The number of anilines is 1. The van der Waals surface area contributed by atoms with Gasteiger partial charge in [-0.1, -0.05) is 24.3 Å². The number of rotatable bonds is 4. The first kappa shape index (κ1) is 23.7. The van der Waals surface area contributed by atoms with Crippen molar-refractivity contribution < 1.29 is 33.8 Å². The van der Waals surface area contributed by atoms with Crippen molar-refractivity contribution >= 4 is 34.5 Å². The smallest absolute Gasteiger partial charge is 0.414 e. The summed E-state index contributed by atoms with van der Waals surface area (Å²) in [5, 5.41) is 18.4. The third-order valence-corrected chi connectivity index (χ3v) is 4.51. The van der Waals surface area contributed by atoms with Crippen molar-refractivity contribution in [1.82, 2.24) is 4.98 Å². The summed E-state index contributed by atoms with van der Waals surface area (Å²) in [6.07, 6.45) is 3.07. The van der Waals surface area contributed by atoms with Crippen LogP contribution in [0.5, 0.6) is 5.75 Å². The number of carboxylic acid groups (broad SMARTS) is 2. The van der Waals surface area contributed by atoms with Crippen molar-refractivity contribution in [3.05, 3.63) is 89.0 Å². The average molecular weight is 462 g/mol. The Bertz CT molecular complexity index is 1400. The van der Waals surface area contributed by atoms with Crippen LogP contribution < -0.4 is 15.7 Å². The lowest BCUT2D eigenvalue weighted by Gasteiger charge is -2.12. The van der Waals surface area contributed by atoms with Crippen LogP contribution in [0, 0.1) is 0 Å². The van der Waals surface area contributed by atoms with Gasteiger partial charge in [0.05, 0.1) is 23.9 Å². The summed E-state index contributed by atoms with van der Waals surface area (Å²) in [7, 11) is 1.51. The molecule has 4 rings (SSSR count). The lowest BCUT2D eigenvalue weighted by Crippen LogP contribution is -2.13. The van der Waals surface area contributed by atoms with E-state index in [9.17, 15) is 9.59 Å². The fraction of sp³-hybridized carbons (Fsp3) is 0.0417. The highest BCUT2D eigenvalue weighted by Crippen LogP contribution is 2.31. The first-order valence-corrected chi connectivity index (χ1v) is 9.69. The molecule has 0 fully saturated rings. The highest BCUT2D eigenvalue weighted by molar-refractivity contribution is 6.27. The summed E-state index contributed by atoms with van der Waals surface area (Å²) >= 11 is 0. The summed E-state index contributed by atoms with van der Waals surface area (Å²) in [5.41, 5.74) is 1.95. The number of methoxy groups -OCH3 is 1. The number of nitrogens with one attached hydrogen (secondary N) is 1. The average Bonchev–Trinajstić information content (AvgIpc) is 2.84. The Hall–Kier alpha value is -4.99. The van der Waals surface area contributed by atoms with E-state index in [1.54, 1.807) is 48.7 Å². The minimum atomic E-state index is -1.82. The number of hydrogen-bond donors (Lipinski definition) is 3. The minimum Gasteiger partial charge on any atom is -0.495 e. The second-order valence-electron chi connectivity index (χ2n) is 6.71. The van der Waals surface area contributed by atoms with Gasteiger partial charge in [0.15, 0.2) is 0 Å². The second-order valence-corrected chi connectivity index (χ2v) is 6.71. The van der Waals surface area contributed by atoms with Gasteiger partial charge in [-0.3, -0.25) is 9.78 Å². The number of hydrogen-bond acceptors (Lipinski definition) is 7. The minimum absolute atomic E-state index is 0.325. The molecule has 2 aromatic heterocycles. The normalized spacial score (nSPS) is 10.0. The number of carbonyl (C=O) groups excluding carboxylic acids is 1. The molecule has 0 atom stereocenters. The van der Waals surface area contributed by atoms with E-state index < -0.39 is 17.6 Å². The number of carbonyl (C=O) groups is 3. The van der Waals surface area contributed by atoms with Gasteiger partial charge < -0.3 is 24.7 Å². The van der Waals surface area contributed by atoms with E-state index in [1.807, 2.05) is 18.2 Å². The summed E-state index contributed by atoms with van der Waals surface area (Å²) in [4.78, 5) is 47.1. The molecule has 0 radical (unpaired) electrons. The molecule has 2 aromatic carbocycles. The quantitative estimate of drug-likeness (QED) is 0.306. The van der Waals surface area contributed by atoms with Crippen LogP contribution in [0.2, 0.25) is 0 Å². The van der Waals surface area contributed by atoms with E-state index in [1.165, 1.54) is 13.3 Å². The van der Waals surface area contributed by atoms with Gasteiger partial charge in [0.25, 0.3) is 5.91 Å². The van der Waals surface area contributed by atoms with Crippen LogP contribution in [0.25, 0.3) is 22.1 Å². The lowest BCUT2D eigenvalue weighted by molar-refractivity contribution is -0.159. The number of benzene rings is 2. The lowest BCUT2D eigenvalue weighted by atomic mass is 10.0. The largest absolute Gasteiger partial charge is 0.495 e. The van der Waals surface area contributed by atoms with E-state index in [4.69, 9.17) is 29.0 Å². The number of carboxylic acids is 2. The van der Waals surface area contributed by atoms with E-state index in [-0.39, 0.29) is 5.91 Å². The highest BCUT2D eigenvalue weighted by atomic mass is 16.5. The molecule has 1 amide bonds. The van der Waals surface area contributed by atoms with Crippen LogP contribution in [0.1, 0.15) is 10.4 Å². The van der Waals surface area contributed by atoms with Gasteiger partial charge in [-0.2, -0.15) is 0 Å². The highest BCUT2D eigenvalue weighted by Gasteiger charge is 2.14. The van der Waals surface area contributed by atoms with E-state index >= 15 is 0 Å². The Morgan fingerprint density at radius 1 is 0.971 bits per heavy atom. The third kappa shape index (κ3) is 5.62.